The molecule has 0 saturated carbocycles. The van der Waals surface area contributed by atoms with Gasteiger partial charge in [0.1, 0.15) is 5.67 Å². The van der Waals surface area contributed by atoms with Crippen LogP contribution in [0.4, 0.5) is 4.39 Å². The van der Waals surface area contributed by atoms with Crippen LogP contribution in [0.2, 0.25) is 0 Å². The van der Waals surface area contributed by atoms with E-state index in [2.05, 4.69) is 17.2 Å². The Morgan fingerprint density at radius 3 is 3.00 bits per heavy atom. The van der Waals surface area contributed by atoms with E-state index >= 15 is 0 Å². The van der Waals surface area contributed by atoms with Gasteiger partial charge in [-0.1, -0.05) is 0 Å². The monoisotopic (exact) mass is 183 g/mol. The zero-order valence-corrected chi connectivity index (χ0v) is 8.33. The van der Waals surface area contributed by atoms with E-state index in [4.69, 9.17) is 0 Å². The maximum Gasteiger partial charge on any atom is 0.113 e. The van der Waals surface area contributed by atoms with Gasteiger partial charge >= 0.3 is 0 Å². The van der Waals surface area contributed by atoms with Gasteiger partial charge in [0.15, 0.2) is 0 Å². The van der Waals surface area contributed by atoms with Crippen LogP contribution in [-0.4, -0.2) is 18.8 Å². The predicted molar refractivity (Wildman–Crippen MR) is 53.2 cm³/mol. The summed E-state index contributed by atoms with van der Waals surface area (Å²) in [6, 6.07) is 0. The van der Waals surface area contributed by atoms with Gasteiger partial charge in [0.25, 0.3) is 0 Å². The Labute approximate surface area is 80.1 Å². The highest BCUT2D eigenvalue weighted by atomic mass is 19.1. The summed E-state index contributed by atoms with van der Waals surface area (Å²) in [5.41, 5.74) is -0.951. The molecule has 0 radical (unpaired) electrons. The summed E-state index contributed by atoms with van der Waals surface area (Å²) in [5, 5.41) is 3.22. The Morgan fingerprint density at radius 2 is 2.23 bits per heavy atom. The van der Waals surface area contributed by atoms with E-state index in [0.717, 1.165) is 19.5 Å². The van der Waals surface area contributed by atoms with Crippen molar-refractivity contribution in [2.75, 3.05) is 13.1 Å². The largest absolute Gasteiger partial charge is 0.317 e. The molecule has 1 fully saturated rings. The van der Waals surface area contributed by atoms with Crippen molar-refractivity contribution in [1.82, 2.24) is 5.32 Å². The number of halogens is 1. The molecule has 1 rings (SSSR count). The van der Waals surface area contributed by atoms with Crippen LogP contribution in [-0.2, 0) is 0 Å². The molecule has 0 aliphatic carbocycles. The zero-order valence-electron chi connectivity index (χ0n) is 8.33. The van der Waals surface area contributed by atoms with Gasteiger partial charge in [-0.3, -0.25) is 0 Å². The van der Waals surface area contributed by atoms with E-state index in [1.54, 1.807) is 6.92 Å². The van der Waals surface area contributed by atoms with Crippen molar-refractivity contribution >= 4 is 0 Å². The van der Waals surface area contributed by atoms with Crippen LogP contribution in [0.5, 0.6) is 0 Å². The fraction of sp³-hybridized carbons (Fsp3) is 0.818. The highest BCUT2D eigenvalue weighted by Gasteiger charge is 2.29. The zero-order chi connectivity index (χ0) is 9.57. The number of hydrogen-bond donors (Lipinski definition) is 1. The molecular formula is C11H18FN. The van der Waals surface area contributed by atoms with Crippen LogP contribution < -0.4 is 5.32 Å². The lowest BCUT2D eigenvalue weighted by Gasteiger charge is -2.21. The third-order valence-corrected chi connectivity index (χ3v) is 2.60. The second-order valence-corrected chi connectivity index (χ2v) is 3.68. The maximum atomic E-state index is 14.0. The molecule has 2 heteroatoms. The smallest absolute Gasteiger partial charge is 0.113 e. The Hall–Kier alpha value is -0.550. The number of nitrogens with one attached hydrogen (secondary N) is 1. The summed E-state index contributed by atoms with van der Waals surface area (Å²) >= 11 is 0. The van der Waals surface area contributed by atoms with Crippen molar-refractivity contribution in [3.63, 3.8) is 0 Å². The molecule has 0 aromatic heterocycles. The summed E-state index contributed by atoms with van der Waals surface area (Å²) in [7, 11) is 0. The van der Waals surface area contributed by atoms with Crippen molar-refractivity contribution in [2.24, 2.45) is 0 Å². The summed E-state index contributed by atoms with van der Waals surface area (Å²) in [4.78, 5) is 0. The molecule has 0 spiro atoms. The van der Waals surface area contributed by atoms with E-state index in [9.17, 15) is 4.39 Å². The molecule has 0 aromatic carbocycles. The third kappa shape index (κ3) is 3.78. The minimum absolute atomic E-state index is 0.607. The van der Waals surface area contributed by atoms with E-state index in [0.29, 0.717) is 25.7 Å². The lowest BCUT2D eigenvalue weighted by atomic mass is 9.92. The van der Waals surface area contributed by atoms with Crippen LogP contribution >= 0.6 is 0 Å². The molecule has 0 aromatic rings. The van der Waals surface area contributed by atoms with E-state index in [1.165, 1.54) is 0 Å². The summed E-state index contributed by atoms with van der Waals surface area (Å²) in [5.74, 6) is 5.74. The van der Waals surface area contributed by atoms with E-state index in [1.807, 2.05) is 0 Å². The standard InChI is InChI=1S/C11H18FN/c1-2-3-4-6-11(12)7-5-9-13-10-8-11/h13H,4-10H2,1H3. The molecule has 1 nitrogen and oxygen atoms in total. The molecule has 1 aliphatic heterocycles. The molecule has 1 unspecified atom stereocenters. The highest BCUT2D eigenvalue weighted by molar-refractivity contribution is 4.97. The first-order chi connectivity index (χ1) is 6.27. The van der Waals surface area contributed by atoms with Crippen LogP contribution in [0, 0.1) is 11.8 Å². The molecule has 74 valence electrons. The van der Waals surface area contributed by atoms with Crippen molar-refractivity contribution in [3.8, 4) is 11.8 Å². The first-order valence-electron chi connectivity index (χ1n) is 5.06. The van der Waals surface area contributed by atoms with Gasteiger partial charge < -0.3 is 5.32 Å². The third-order valence-electron chi connectivity index (χ3n) is 2.60. The van der Waals surface area contributed by atoms with Gasteiger partial charge in [0, 0.05) is 6.42 Å². The molecule has 1 saturated heterocycles. The van der Waals surface area contributed by atoms with Gasteiger partial charge in [-0.15, -0.1) is 11.8 Å². The fourth-order valence-electron chi connectivity index (χ4n) is 1.75. The van der Waals surface area contributed by atoms with Crippen molar-refractivity contribution in [3.05, 3.63) is 0 Å². The van der Waals surface area contributed by atoms with Gasteiger partial charge in [0.05, 0.1) is 0 Å². The first-order valence-corrected chi connectivity index (χ1v) is 5.06. The topological polar surface area (TPSA) is 12.0 Å². The van der Waals surface area contributed by atoms with E-state index in [-0.39, 0.29) is 0 Å². The molecule has 1 heterocycles. The number of hydrogen-bond acceptors (Lipinski definition) is 1. The van der Waals surface area contributed by atoms with Gasteiger partial charge in [-0.2, -0.15) is 0 Å². The van der Waals surface area contributed by atoms with Gasteiger partial charge in [-0.25, -0.2) is 4.39 Å². The second kappa shape index (κ2) is 5.24. The fourth-order valence-corrected chi connectivity index (χ4v) is 1.75. The Balaban J connectivity index is 2.36. The summed E-state index contributed by atoms with van der Waals surface area (Å²) in [6.07, 6.45) is 3.61. The Morgan fingerprint density at radius 1 is 1.38 bits per heavy atom. The lowest BCUT2D eigenvalue weighted by molar-refractivity contribution is 0.134. The number of alkyl halides is 1. The average molecular weight is 183 g/mol. The van der Waals surface area contributed by atoms with Gasteiger partial charge in [-0.05, 0) is 45.7 Å². The van der Waals surface area contributed by atoms with Crippen molar-refractivity contribution in [1.29, 1.82) is 0 Å². The molecule has 1 aliphatic rings. The maximum absolute atomic E-state index is 14.0. The molecule has 0 bridgehead atoms. The average Bonchev–Trinajstić information content (AvgIpc) is 2.31. The summed E-state index contributed by atoms with van der Waals surface area (Å²) in [6.45, 7) is 3.58. The normalized spacial score (nSPS) is 28.8. The van der Waals surface area contributed by atoms with Crippen molar-refractivity contribution in [2.45, 2.75) is 44.7 Å². The minimum Gasteiger partial charge on any atom is -0.317 e. The molecule has 1 atom stereocenters. The second-order valence-electron chi connectivity index (χ2n) is 3.68. The molecule has 13 heavy (non-hydrogen) atoms. The van der Waals surface area contributed by atoms with Crippen LogP contribution in [0.25, 0.3) is 0 Å². The van der Waals surface area contributed by atoms with Gasteiger partial charge in [0.2, 0.25) is 0 Å². The first kappa shape index (κ1) is 10.5. The summed E-state index contributed by atoms with van der Waals surface area (Å²) < 4.78 is 14.0. The molecular weight excluding hydrogens is 165 g/mol. The Kier molecular flexibility index (Phi) is 4.24. The predicted octanol–water partition coefficient (Wildman–Crippen LogP) is 2.27. The quantitative estimate of drug-likeness (QED) is 0.648. The number of rotatable bonds is 2. The molecule has 0 amide bonds. The highest BCUT2D eigenvalue weighted by Crippen LogP contribution is 2.29. The Bertz CT molecular complexity index is 194. The van der Waals surface area contributed by atoms with E-state index < -0.39 is 5.67 Å². The minimum atomic E-state index is -0.951. The van der Waals surface area contributed by atoms with Crippen molar-refractivity contribution < 1.29 is 4.39 Å². The lowest BCUT2D eigenvalue weighted by Crippen LogP contribution is -2.24. The van der Waals surface area contributed by atoms with Crippen LogP contribution in [0.15, 0.2) is 0 Å². The SMILES string of the molecule is CC#CCCC1(F)CCCNCC1. The van der Waals surface area contributed by atoms with Crippen LogP contribution in [0.3, 0.4) is 0 Å². The van der Waals surface area contributed by atoms with Crippen LogP contribution in [0.1, 0.15) is 39.0 Å². The molecule has 1 N–H and O–H groups in total.